The highest BCUT2D eigenvalue weighted by Crippen LogP contribution is 2.27. The summed E-state index contributed by atoms with van der Waals surface area (Å²) in [6.07, 6.45) is 8.54. The number of rotatable bonds is 11. The van der Waals surface area contributed by atoms with Crippen LogP contribution >= 0.6 is 0 Å². The zero-order chi connectivity index (χ0) is 40.4. The van der Waals surface area contributed by atoms with Crippen LogP contribution in [-0.2, 0) is 33.0 Å². The van der Waals surface area contributed by atoms with Crippen LogP contribution in [0.5, 0.6) is 0 Å². The molecule has 16 nitrogen and oxygen atoms in total. The summed E-state index contributed by atoms with van der Waals surface area (Å²) in [5.74, 6) is -4.59. The van der Waals surface area contributed by atoms with Crippen molar-refractivity contribution in [3.63, 3.8) is 0 Å². The molecule has 1 aliphatic rings. The highest BCUT2D eigenvalue weighted by atomic mass is 32.2. The first-order valence-electron chi connectivity index (χ1n) is 17.4. The quantitative estimate of drug-likeness (QED) is 0.172. The molecule has 3 N–H and O–H groups in total. The van der Waals surface area contributed by atoms with E-state index < -0.39 is 62.1 Å². The topological polar surface area (TPSA) is 217 Å². The van der Waals surface area contributed by atoms with Crippen molar-refractivity contribution in [1.82, 2.24) is 34.4 Å². The molecule has 0 radical (unpaired) electrons. The van der Waals surface area contributed by atoms with Gasteiger partial charge in [0, 0.05) is 69.0 Å². The number of hydrogen-bond acceptors (Lipinski definition) is 11. The molecule has 1 amide bonds. The van der Waals surface area contributed by atoms with Crippen LogP contribution in [0.4, 0.5) is 14.5 Å². The maximum Gasteiger partial charge on any atom is 0.337 e. The van der Waals surface area contributed by atoms with Crippen molar-refractivity contribution in [3.8, 4) is 16.9 Å². The number of pyridine rings is 2. The van der Waals surface area contributed by atoms with E-state index in [0.29, 0.717) is 47.8 Å². The van der Waals surface area contributed by atoms with Gasteiger partial charge in [-0.2, -0.15) is 0 Å². The summed E-state index contributed by atoms with van der Waals surface area (Å²) < 4.78 is 66.1. The Morgan fingerprint density at radius 1 is 0.930 bits per heavy atom. The number of carbonyl (C=O) groups is 2. The number of aromatic nitrogens is 6. The highest BCUT2D eigenvalue weighted by molar-refractivity contribution is 7.92. The molecule has 1 aliphatic heterocycles. The summed E-state index contributed by atoms with van der Waals surface area (Å²) >= 11 is 0. The number of hydrogen-bond donors (Lipinski definition) is 3. The number of nitrogens with zero attached hydrogens (tertiary/aromatic N) is 6. The Labute approximate surface area is 321 Å². The normalized spacial score (nSPS) is 13.9. The molecular formula is C38H32F2N8O8S. The number of fused-ring (bicyclic) bond motifs is 1. The molecule has 2 aromatic carbocycles. The molecule has 0 unspecified atom stereocenters. The van der Waals surface area contributed by atoms with Crippen molar-refractivity contribution in [2.45, 2.75) is 36.1 Å². The minimum atomic E-state index is -4.43. The highest BCUT2D eigenvalue weighted by Gasteiger charge is 2.26. The molecule has 57 heavy (non-hydrogen) atoms. The monoisotopic (exact) mass is 798 g/mol. The van der Waals surface area contributed by atoms with Gasteiger partial charge in [0.2, 0.25) is 0 Å². The molecule has 6 aromatic rings. The van der Waals surface area contributed by atoms with E-state index in [0.717, 1.165) is 17.4 Å². The lowest BCUT2D eigenvalue weighted by Gasteiger charge is -2.20. The summed E-state index contributed by atoms with van der Waals surface area (Å²) in [5, 5.41) is 12.2. The Bertz CT molecular complexity index is 2740. The number of sulfonamides is 1. The molecule has 0 aliphatic carbocycles. The van der Waals surface area contributed by atoms with Gasteiger partial charge in [-0.25, -0.2) is 46.3 Å². The third-order valence-corrected chi connectivity index (χ3v) is 10.8. The van der Waals surface area contributed by atoms with Gasteiger partial charge in [-0.15, -0.1) is 0 Å². The summed E-state index contributed by atoms with van der Waals surface area (Å²) in [7, 11) is -2.97. The van der Waals surface area contributed by atoms with Crippen LogP contribution in [0.25, 0.3) is 27.8 Å². The molecule has 0 saturated carbocycles. The molecule has 0 spiro atoms. The van der Waals surface area contributed by atoms with Crippen molar-refractivity contribution in [2.24, 2.45) is 7.05 Å². The van der Waals surface area contributed by atoms with Crippen molar-refractivity contribution in [2.75, 3.05) is 17.9 Å². The first kappa shape index (κ1) is 38.5. The smallest absolute Gasteiger partial charge is 0.337 e. The van der Waals surface area contributed by atoms with Crippen molar-refractivity contribution in [3.05, 3.63) is 135 Å². The van der Waals surface area contributed by atoms with Gasteiger partial charge in [0.1, 0.15) is 29.3 Å². The molecule has 1 saturated heterocycles. The molecule has 7 rings (SSSR count). The van der Waals surface area contributed by atoms with Crippen LogP contribution in [0.15, 0.2) is 100 Å². The number of amides is 1. The van der Waals surface area contributed by atoms with Crippen LogP contribution in [-0.4, -0.2) is 73.7 Å². The predicted octanol–water partition coefficient (Wildman–Crippen LogP) is 3.34. The minimum Gasteiger partial charge on any atom is -0.480 e. The van der Waals surface area contributed by atoms with Gasteiger partial charge >= 0.3 is 11.7 Å². The Hall–Kier alpha value is -6.73. The number of carboxylic acid groups (broad SMARTS) is 1. The summed E-state index contributed by atoms with van der Waals surface area (Å²) in [6, 6.07) is 9.00. The largest absolute Gasteiger partial charge is 0.480 e. The predicted molar refractivity (Wildman–Crippen MR) is 200 cm³/mol. The first-order valence-corrected chi connectivity index (χ1v) is 18.9. The third kappa shape index (κ3) is 8.01. The summed E-state index contributed by atoms with van der Waals surface area (Å²) in [5.41, 5.74) is -1.18. The standard InChI is InChI=1S/C38H32F2N8O8S/c1-47-32-20-41-11-8-26(32)36(50)48(38(47)53)33-7-2-21(17-42-33)14-31(37(51)52)45-35(49)27-15-29(40)30(16-28(27)39)46-57(54,55)25-5-3-22(4-6-25)24-18-43-34(44-19-24)23-9-12-56-13-10-23/h2-8,11,15-20,23,31,46H,9-10,12-14H2,1H3,(H,45,49)(H,51,52)/t31-/m0/s1. The fourth-order valence-corrected chi connectivity index (χ4v) is 7.38. The minimum absolute atomic E-state index is 0.0498. The maximum atomic E-state index is 15.2. The average molecular weight is 799 g/mol. The van der Waals surface area contributed by atoms with Crippen molar-refractivity contribution < 1.29 is 36.6 Å². The molecule has 4 aromatic heterocycles. The van der Waals surface area contributed by atoms with Crippen molar-refractivity contribution >= 4 is 38.5 Å². The second kappa shape index (κ2) is 15.8. The van der Waals surface area contributed by atoms with Crippen molar-refractivity contribution in [1.29, 1.82) is 0 Å². The Kier molecular flexibility index (Phi) is 10.7. The SMILES string of the molecule is Cn1c(=O)n(-c2ccc(C[C@H](NC(=O)c3cc(F)c(NS(=O)(=O)c4ccc(-c5cnc(C6CCOCC6)nc5)cc4)cc3F)C(=O)O)cn2)c(=O)c2ccncc21. The van der Waals surface area contributed by atoms with Crippen LogP contribution < -0.4 is 21.3 Å². The number of nitrogens with one attached hydrogen (secondary N) is 2. The average Bonchev–Trinajstić information content (AvgIpc) is 3.22. The molecule has 292 valence electrons. The summed E-state index contributed by atoms with van der Waals surface area (Å²) in [4.78, 5) is 67.9. The Morgan fingerprint density at radius 2 is 1.65 bits per heavy atom. The van der Waals surface area contributed by atoms with E-state index in [4.69, 9.17) is 4.74 Å². The molecule has 5 heterocycles. The Morgan fingerprint density at radius 3 is 2.32 bits per heavy atom. The molecule has 0 bridgehead atoms. The number of ether oxygens (including phenoxy) is 1. The second-order valence-corrected chi connectivity index (χ2v) is 14.8. The fraction of sp³-hybridized carbons (Fsp3) is 0.211. The first-order chi connectivity index (χ1) is 27.3. The number of aliphatic carboxylic acids is 1. The summed E-state index contributed by atoms with van der Waals surface area (Å²) in [6.45, 7) is 1.29. The second-order valence-electron chi connectivity index (χ2n) is 13.1. The number of anilines is 1. The lowest BCUT2D eigenvalue weighted by atomic mass is 9.99. The van der Waals surface area contributed by atoms with Gasteiger partial charge in [0.05, 0.1) is 33.2 Å². The zero-order valence-corrected chi connectivity index (χ0v) is 30.7. The van der Waals surface area contributed by atoms with Crippen LogP contribution in [0, 0.1) is 11.6 Å². The number of aryl methyl sites for hydroxylation is 1. The fourth-order valence-electron chi connectivity index (χ4n) is 6.32. The molecular weight excluding hydrogens is 767 g/mol. The van der Waals surface area contributed by atoms with Gasteiger partial charge in [-0.1, -0.05) is 18.2 Å². The van der Waals surface area contributed by atoms with Crippen LogP contribution in [0.1, 0.15) is 40.5 Å². The third-order valence-electron chi connectivity index (χ3n) is 9.46. The Balaban J connectivity index is 1.02. The number of halogens is 2. The lowest BCUT2D eigenvalue weighted by molar-refractivity contribution is -0.139. The van der Waals surface area contributed by atoms with Gasteiger partial charge in [0.15, 0.2) is 0 Å². The number of carboxylic acids is 1. The van der Waals surface area contributed by atoms with Gasteiger partial charge < -0.3 is 15.2 Å². The van der Waals surface area contributed by atoms with E-state index >= 15 is 8.78 Å². The van der Waals surface area contributed by atoms with E-state index in [2.05, 4.69) is 25.3 Å². The van der Waals surface area contributed by atoms with E-state index in [9.17, 15) is 32.7 Å². The van der Waals surface area contributed by atoms with Crippen LogP contribution in [0.3, 0.4) is 0 Å². The lowest BCUT2D eigenvalue weighted by Crippen LogP contribution is -2.42. The van der Waals surface area contributed by atoms with Gasteiger partial charge in [-0.05, 0) is 54.3 Å². The van der Waals surface area contributed by atoms with E-state index in [1.54, 1.807) is 12.4 Å². The van der Waals surface area contributed by atoms with Gasteiger partial charge in [-0.3, -0.25) is 23.9 Å². The zero-order valence-electron chi connectivity index (χ0n) is 29.9. The van der Waals surface area contributed by atoms with Crippen LogP contribution in [0.2, 0.25) is 0 Å². The number of benzene rings is 2. The van der Waals surface area contributed by atoms with E-state index in [1.165, 1.54) is 72.7 Å². The maximum absolute atomic E-state index is 15.2. The molecule has 19 heteroatoms. The van der Waals surface area contributed by atoms with Gasteiger partial charge in [0.25, 0.3) is 21.5 Å². The number of carbonyl (C=O) groups excluding carboxylic acids is 1. The van der Waals surface area contributed by atoms with E-state index in [1.807, 2.05) is 4.72 Å². The van der Waals surface area contributed by atoms with E-state index in [-0.39, 0.29) is 34.0 Å². The molecule has 1 atom stereocenters. The molecule has 1 fully saturated rings.